The van der Waals surface area contributed by atoms with Gasteiger partial charge in [0.1, 0.15) is 13.2 Å². The molecule has 0 radical (unpaired) electrons. The van der Waals surface area contributed by atoms with Crippen molar-refractivity contribution < 1.29 is 42.9 Å². The molecule has 0 aromatic heterocycles. The lowest BCUT2D eigenvalue weighted by Gasteiger charge is -2.26. The molecule has 9 nitrogen and oxygen atoms in total. The average molecular weight is 1470 g/mol. The summed E-state index contributed by atoms with van der Waals surface area (Å²) in [6, 6.07) is 0. The summed E-state index contributed by atoms with van der Waals surface area (Å²) in [5.74, 6) is -2.25. The highest BCUT2D eigenvalue weighted by Crippen LogP contribution is 2.21. The Morgan fingerprint density at radius 2 is 0.543 bits per heavy atom. The van der Waals surface area contributed by atoms with E-state index < -0.39 is 24.3 Å². The summed E-state index contributed by atoms with van der Waals surface area (Å²) in [5.41, 5.74) is 0. The summed E-state index contributed by atoms with van der Waals surface area (Å²) in [6.45, 7) is 4.70. The summed E-state index contributed by atoms with van der Waals surface area (Å²) in [4.78, 5) is 37.7. The van der Waals surface area contributed by atoms with Crippen LogP contribution in [0.2, 0.25) is 0 Å². The second-order valence-electron chi connectivity index (χ2n) is 32.2. The maximum atomic E-state index is 13.0. The summed E-state index contributed by atoms with van der Waals surface area (Å²) in [5, 5.41) is 11.9. The summed E-state index contributed by atoms with van der Waals surface area (Å²) in [6.07, 6.45) is 116. The maximum absolute atomic E-state index is 13.0. The fourth-order valence-electron chi connectivity index (χ4n) is 13.7. The molecule has 0 N–H and O–H groups in total. The Balaban J connectivity index is 3.89. The van der Waals surface area contributed by atoms with Crippen LogP contribution >= 0.6 is 0 Å². The number of carboxylic acids is 1. The molecule has 0 heterocycles. The Kier molecular flexibility index (Phi) is 83.2. The lowest BCUT2D eigenvalue weighted by atomic mass is 10.0. The van der Waals surface area contributed by atoms with E-state index in [0.717, 1.165) is 77.0 Å². The topological polar surface area (TPSA) is 111 Å². The first kappa shape index (κ1) is 101. The molecule has 0 amide bonds. The molecule has 2 atom stereocenters. The molecule has 0 saturated carbocycles. The molecule has 105 heavy (non-hydrogen) atoms. The van der Waals surface area contributed by atoms with Crippen LogP contribution in [0, 0.1) is 0 Å². The number of nitrogens with zero attached hydrogens (tertiary/aromatic N) is 1. The number of carbonyl (C=O) groups excluding carboxylic acids is 3. The van der Waals surface area contributed by atoms with E-state index in [2.05, 4.69) is 98.9 Å². The van der Waals surface area contributed by atoms with Crippen LogP contribution in [-0.2, 0) is 33.3 Å². The van der Waals surface area contributed by atoms with Gasteiger partial charge in [0.2, 0.25) is 0 Å². The fourth-order valence-corrected chi connectivity index (χ4v) is 13.7. The minimum Gasteiger partial charge on any atom is -0.545 e. The van der Waals surface area contributed by atoms with Crippen molar-refractivity contribution in [2.24, 2.45) is 0 Å². The van der Waals surface area contributed by atoms with Gasteiger partial charge in [0.05, 0.1) is 40.3 Å². The van der Waals surface area contributed by atoms with Crippen molar-refractivity contribution in [2.45, 2.75) is 463 Å². The molecule has 0 fully saturated rings. The number of aliphatic carboxylic acids is 1. The molecule has 612 valence electrons. The predicted octanol–water partition coefficient (Wildman–Crippen LogP) is 28.7. The number of rotatable bonds is 86. The van der Waals surface area contributed by atoms with Crippen molar-refractivity contribution in [3.05, 3.63) is 85.1 Å². The highest BCUT2D eigenvalue weighted by Gasteiger charge is 2.22. The van der Waals surface area contributed by atoms with Crippen molar-refractivity contribution in [1.82, 2.24) is 0 Å². The van der Waals surface area contributed by atoms with Crippen molar-refractivity contribution in [3.63, 3.8) is 0 Å². The number of ether oxygens (including phenoxy) is 4. The minimum atomic E-state index is -1.62. The Morgan fingerprint density at radius 1 is 0.295 bits per heavy atom. The van der Waals surface area contributed by atoms with Crippen LogP contribution in [0.5, 0.6) is 0 Å². The van der Waals surface area contributed by atoms with E-state index in [4.69, 9.17) is 18.9 Å². The van der Waals surface area contributed by atoms with Crippen LogP contribution in [0.15, 0.2) is 85.1 Å². The average Bonchev–Trinajstić information content (AvgIpc) is 1.18. The second kappa shape index (κ2) is 86.1. The third-order valence-electron chi connectivity index (χ3n) is 20.6. The second-order valence-corrected chi connectivity index (χ2v) is 32.2. The molecule has 9 heteroatoms. The summed E-state index contributed by atoms with van der Waals surface area (Å²) >= 11 is 0. The van der Waals surface area contributed by atoms with E-state index in [0.29, 0.717) is 17.4 Å². The number of quaternary nitrogens is 1. The quantitative estimate of drug-likeness (QED) is 0.0195. The largest absolute Gasteiger partial charge is 0.545 e. The number of carbonyl (C=O) groups is 3. The number of likely N-dealkylation sites (N-methyl/N-ethyl adjacent to an activating group) is 1. The van der Waals surface area contributed by atoms with Gasteiger partial charge in [-0.15, -0.1) is 0 Å². The predicted molar refractivity (Wildman–Crippen MR) is 454 cm³/mol. The van der Waals surface area contributed by atoms with Crippen molar-refractivity contribution >= 4 is 17.9 Å². The van der Waals surface area contributed by atoms with Crippen LogP contribution in [0.3, 0.4) is 0 Å². The lowest BCUT2D eigenvalue weighted by Crippen LogP contribution is -2.44. The molecule has 0 bridgehead atoms. The Hall–Kier alpha value is -3.53. The third-order valence-corrected chi connectivity index (χ3v) is 20.6. The zero-order valence-corrected chi connectivity index (χ0v) is 70.4. The van der Waals surface area contributed by atoms with Gasteiger partial charge in [-0.1, -0.05) is 433 Å². The molecule has 0 saturated heterocycles. The molecule has 0 aromatic rings. The monoisotopic (exact) mass is 1470 g/mol. The van der Waals surface area contributed by atoms with Crippen LogP contribution < -0.4 is 5.11 Å². The van der Waals surface area contributed by atoms with E-state index in [1.807, 2.05) is 21.1 Å². The standard InChI is InChI=1S/C96H175NO8/c1-6-8-10-12-14-16-18-20-22-24-26-28-30-32-34-36-38-40-42-44-46-47-49-51-53-55-57-59-61-63-65-67-69-71-73-75-77-79-81-83-85-87-94(99)105-92(91-104-96(95(100)101)102-89-88-97(3,4)5)90-103-93(98)86-84-82-80-78-76-74-72-70-68-66-64-62-60-58-56-54-52-50-48-45-43-41-39-37-35-33-31-29-27-25-23-21-19-17-15-13-11-9-7-2/h8,10,14,16,19-22,25-28,32,34,92,96H,6-7,9,11-13,15,17-18,23-24,29-31,33,35-91H2,1-5H3/b10-8-,16-14-,21-19-,22-20-,27-25-,28-26-,34-32-. The van der Waals surface area contributed by atoms with E-state index in [-0.39, 0.29) is 32.2 Å². The molecule has 0 spiro atoms. The Bertz CT molecular complexity index is 2010. The van der Waals surface area contributed by atoms with Crippen molar-refractivity contribution in [2.75, 3.05) is 47.5 Å². The normalized spacial score (nSPS) is 13.0. The maximum Gasteiger partial charge on any atom is 0.306 e. The highest BCUT2D eigenvalue weighted by molar-refractivity contribution is 5.70. The number of hydrogen-bond acceptors (Lipinski definition) is 8. The smallest absolute Gasteiger partial charge is 0.306 e. The SMILES string of the molecule is CC/C=C\C/C=C\C/C=C\C/C=C\C/C=C\CCCCCCCCCCCCCCCCCCCCCCCCCCCC(=O)OC(COC(=O)CCCCCCCCCCCCCCCCCCCCCCCCCCCCC/C=C\C/C=C\CCCCCCC)COC(OCC[N+](C)(C)C)C(=O)[O-]. The van der Waals surface area contributed by atoms with Gasteiger partial charge in [-0.2, -0.15) is 0 Å². The Labute approximate surface area is 652 Å². The summed E-state index contributed by atoms with van der Waals surface area (Å²) < 4.78 is 22.9. The van der Waals surface area contributed by atoms with E-state index >= 15 is 0 Å². The molecule has 0 aromatic carbocycles. The number of unbranched alkanes of at least 4 members (excludes halogenated alkanes) is 57. The van der Waals surface area contributed by atoms with Gasteiger partial charge in [0.15, 0.2) is 12.4 Å². The highest BCUT2D eigenvalue weighted by atomic mass is 16.7. The van der Waals surface area contributed by atoms with Crippen LogP contribution in [0.4, 0.5) is 0 Å². The third kappa shape index (κ3) is 87.6. The first-order valence-corrected chi connectivity index (χ1v) is 45.7. The zero-order chi connectivity index (χ0) is 76.0. The molecular weight excluding hydrogens is 1300 g/mol. The molecule has 0 aliphatic heterocycles. The van der Waals surface area contributed by atoms with E-state index in [9.17, 15) is 19.5 Å². The fraction of sp³-hybridized carbons (Fsp3) is 0.823. The van der Waals surface area contributed by atoms with Crippen LogP contribution in [0.25, 0.3) is 0 Å². The molecular formula is C96H175NO8. The van der Waals surface area contributed by atoms with Crippen LogP contribution in [0.1, 0.15) is 450 Å². The number of hydrogen-bond donors (Lipinski definition) is 0. The van der Waals surface area contributed by atoms with Crippen LogP contribution in [-0.4, -0.2) is 82.3 Å². The number of carboxylic acid groups (broad SMARTS) is 1. The van der Waals surface area contributed by atoms with E-state index in [1.54, 1.807) is 0 Å². The molecule has 0 aliphatic rings. The van der Waals surface area contributed by atoms with Gasteiger partial charge in [-0.05, 0) is 89.9 Å². The number of allylic oxidation sites excluding steroid dienone is 14. The van der Waals surface area contributed by atoms with Gasteiger partial charge in [0.25, 0.3) is 0 Å². The van der Waals surface area contributed by atoms with Crippen molar-refractivity contribution in [3.8, 4) is 0 Å². The lowest BCUT2D eigenvalue weighted by molar-refractivity contribution is -0.870. The van der Waals surface area contributed by atoms with Gasteiger partial charge < -0.3 is 33.3 Å². The first-order chi connectivity index (χ1) is 51.6. The minimum absolute atomic E-state index is 0.150. The summed E-state index contributed by atoms with van der Waals surface area (Å²) in [7, 11) is 5.96. The molecule has 2 unspecified atom stereocenters. The van der Waals surface area contributed by atoms with Gasteiger partial charge in [-0.25, -0.2) is 0 Å². The zero-order valence-electron chi connectivity index (χ0n) is 70.4. The Morgan fingerprint density at radius 3 is 0.810 bits per heavy atom. The van der Waals surface area contributed by atoms with Gasteiger partial charge in [-0.3, -0.25) is 9.59 Å². The van der Waals surface area contributed by atoms with Gasteiger partial charge >= 0.3 is 11.9 Å². The van der Waals surface area contributed by atoms with Crippen molar-refractivity contribution in [1.29, 1.82) is 0 Å². The van der Waals surface area contributed by atoms with Gasteiger partial charge in [0, 0.05) is 12.8 Å². The first-order valence-electron chi connectivity index (χ1n) is 45.7. The van der Waals surface area contributed by atoms with E-state index in [1.165, 1.54) is 347 Å². The molecule has 0 rings (SSSR count). The number of esters is 2. The molecule has 0 aliphatic carbocycles.